The van der Waals surface area contributed by atoms with E-state index in [2.05, 4.69) is 20.6 Å². The number of nitrogens with one attached hydrogen (secondary N) is 2. The zero-order valence-electron chi connectivity index (χ0n) is 15.2. The van der Waals surface area contributed by atoms with Gasteiger partial charge in [0.15, 0.2) is 17.3 Å². The van der Waals surface area contributed by atoms with Crippen molar-refractivity contribution in [1.82, 2.24) is 14.9 Å². The zero-order chi connectivity index (χ0) is 19.6. The van der Waals surface area contributed by atoms with E-state index in [0.29, 0.717) is 0 Å². The molecule has 1 atom stereocenters. The number of anilines is 3. The predicted octanol–water partition coefficient (Wildman–Crippen LogP) is 0.990. The number of aromatic hydroxyl groups is 1. The van der Waals surface area contributed by atoms with Crippen molar-refractivity contribution in [2.45, 2.75) is 26.8 Å². The molecular weight excluding hydrogens is 338 g/mol. The normalized spacial score (nSPS) is 11.7. The summed E-state index contributed by atoms with van der Waals surface area (Å²) in [5, 5.41) is 15.8. The third-order valence-electron chi connectivity index (χ3n) is 3.54. The number of hydrogen-bond acceptors (Lipinski definition) is 8. The van der Waals surface area contributed by atoms with Crippen LogP contribution >= 0.6 is 0 Å². The molecule has 0 radical (unpaired) electrons. The standard InChI is InChI=1S/C17H21N5O4/c1-8(2)6-9(3)20-10-11(14(24)13(10)23)21-16-15(25)12(18-7-19-16)17(26)22(4)5/h6-7,9,20,25H,1-5H3,(H,18,19,21)/t9-/m0/s1. The third-order valence-corrected chi connectivity index (χ3v) is 3.54. The van der Waals surface area contributed by atoms with Gasteiger partial charge in [-0.15, -0.1) is 0 Å². The highest BCUT2D eigenvalue weighted by molar-refractivity contribution is 5.96. The van der Waals surface area contributed by atoms with Crippen molar-refractivity contribution in [2.75, 3.05) is 24.7 Å². The molecule has 0 aliphatic rings. The maximum Gasteiger partial charge on any atom is 0.276 e. The molecule has 2 aromatic rings. The van der Waals surface area contributed by atoms with Crippen molar-refractivity contribution in [3.05, 3.63) is 44.1 Å². The summed E-state index contributed by atoms with van der Waals surface area (Å²) in [4.78, 5) is 44.6. The zero-order valence-corrected chi connectivity index (χ0v) is 15.2. The second-order valence-corrected chi connectivity index (χ2v) is 6.33. The fraction of sp³-hybridized carbons (Fsp3) is 0.353. The van der Waals surface area contributed by atoms with Crippen molar-refractivity contribution in [3.63, 3.8) is 0 Å². The maximum absolute atomic E-state index is 12.0. The molecule has 9 heteroatoms. The Bertz CT molecular complexity index is 937. The van der Waals surface area contributed by atoms with E-state index in [9.17, 15) is 19.5 Å². The molecule has 0 fully saturated rings. The van der Waals surface area contributed by atoms with Gasteiger partial charge < -0.3 is 20.6 Å². The minimum absolute atomic E-state index is 0.0127. The number of aromatic nitrogens is 2. The lowest BCUT2D eigenvalue weighted by Gasteiger charge is -2.18. The van der Waals surface area contributed by atoms with E-state index in [0.717, 1.165) is 11.9 Å². The Morgan fingerprint density at radius 2 is 1.81 bits per heavy atom. The Labute approximate surface area is 150 Å². The van der Waals surface area contributed by atoms with Crippen LogP contribution in [0.3, 0.4) is 0 Å². The van der Waals surface area contributed by atoms with E-state index in [-0.39, 0.29) is 28.9 Å². The monoisotopic (exact) mass is 359 g/mol. The van der Waals surface area contributed by atoms with Crippen LogP contribution in [-0.2, 0) is 0 Å². The molecule has 0 unspecified atom stereocenters. The van der Waals surface area contributed by atoms with E-state index < -0.39 is 22.5 Å². The Morgan fingerprint density at radius 3 is 2.38 bits per heavy atom. The highest BCUT2D eigenvalue weighted by atomic mass is 16.3. The maximum atomic E-state index is 12.0. The Hall–Kier alpha value is -3.23. The molecule has 1 aromatic heterocycles. The van der Waals surface area contributed by atoms with Crippen LogP contribution in [0.1, 0.15) is 31.3 Å². The van der Waals surface area contributed by atoms with Crippen molar-refractivity contribution >= 4 is 23.1 Å². The second kappa shape index (κ2) is 7.34. The van der Waals surface area contributed by atoms with Crippen LogP contribution in [-0.4, -0.2) is 46.0 Å². The van der Waals surface area contributed by atoms with Gasteiger partial charge in [0.1, 0.15) is 17.7 Å². The Morgan fingerprint density at radius 1 is 1.19 bits per heavy atom. The molecule has 1 aromatic carbocycles. The average Bonchev–Trinajstić information content (AvgIpc) is 2.57. The van der Waals surface area contributed by atoms with Gasteiger partial charge >= 0.3 is 0 Å². The molecule has 1 heterocycles. The fourth-order valence-corrected chi connectivity index (χ4v) is 2.37. The number of rotatable bonds is 6. The first-order chi connectivity index (χ1) is 12.1. The summed E-state index contributed by atoms with van der Waals surface area (Å²) in [6.07, 6.45) is 2.99. The van der Waals surface area contributed by atoms with Crippen LogP contribution in [0.15, 0.2) is 27.6 Å². The quantitative estimate of drug-likeness (QED) is 0.515. The van der Waals surface area contributed by atoms with Crippen LogP contribution in [0.5, 0.6) is 5.75 Å². The van der Waals surface area contributed by atoms with Crippen LogP contribution in [0.2, 0.25) is 0 Å². The molecule has 9 nitrogen and oxygen atoms in total. The highest BCUT2D eigenvalue weighted by Gasteiger charge is 2.25. The van der Waals surface area contributed by atoms with Gasteiger partial charge in [0, 0.05) is 20.1 Å². The number of carbonyl (C=O) groups is 1. The van der Waals surface area contributed by atoms with Crippen molar-refractivity contribution in [1.29, 1.82) is 0 Å². The average molecular weight is 359 g/mol. The molecule has 0 bridgehead atoms. The van der Waals surface area contributed by atoms with E-state index in [1.165, 1.54) is 19.0 Å². The molecule has 0 spiro atoms. The topological polar surface area (TPSA) is 125 Å². The number of carbonyl (C=O) groups excluding carboxylic acids is 1. The van der Waals surface area contributed by atoms with Gasteiger partial charge in [-0.3, -0.25) is 14.4 Å². The van der Waals surface area contributed by atoms with Gasteiger partial charge in [0.05, 0.1) is 0 Å². The van der Waals surface area contributed by atoms with Gasteiger partial charge in [0.2, 0.25) is 0 Å². The minimum atomic E-state index is -0.726. The first-order valence-corrected chi connectivity index (χ1v) is 7.91. The van der Waals surface area contributed by atoms with Gasteiger partial charge in [-0.25, -0.2) is 9.97 Å². The van der Waals surface area contributed by atoms with E-state index in [4.69, 9.17) is 0 Å². The number of hydrogen-bond donors (Lipinski definition) is 3. The molecule has 0 saturated carbocycles. The van der Waals surface area contributed by atoms with Gasteiger partial charge in [-0.05, 0) is 20.8 Å². The summed E-state index contributed by atoms with van der Waals surface area (Å²) in [5.74, 6) is -1.15. The van der Waals surface area contributed by atoms with Crippen LogP contribution < -0.4 is 21.5 Å². The number of allylic oxidation sites excluding steroid dienone is 1. The predicted molar refractivity (Wildman–Crippen MR) is 98.9 cm³/mol. The van der Waals surface area contributed by atoms with Crippen LogP contribution in [0.25, 0.3) is 0 Å². The first-order valence-electron chi connectivity index (χ1n) is 7.91. The molecule has 0 aliphatic heterocycles. The summed E-state index contributed by atoms with van der Waals surface area (Å²) in [5.41, 5.74) is -0.438. The lowest BCUT2D eigenvalue weighted by molar-refractivity contribution is 0.0818. The smallest absolute Gasteiger partial charge is 0.276 e. The molecule has 3 N–H and O–H groups in total. The minimum Gasteiger partial charge on any atom is -0.503 e. The summed E-state index contributed by atoms with van der Waals surface area (Å²) in [7, 11) is 3.03. The Balaban J connectivity index is 2.34. The Kier molecular flexibility index (Phi) is 5.39. The molecule has 0 aliphatic carbocycles. The summed E-state index contributed by atoms with van der Waals surface area (Å²) < 4.78 is 0. The summed E-state index contributed by atoms with van der Waals surface area (Å²) in [6.45, 7) is 5.67. The second-order valence-electron chi connectivity index (χ2n) is 6.33. The van der Waals surface area contributed by atoms with E-state index in [1.807, 2.05) is 26.8 Å². The van der Waals surface area contributed by atoms with Gasteiger partial charge in [-0.1, -0.05) is 11.6 Å². The molecule has 1 amide bonds. The fourth-order valence-electron chi connectivity index (χ4n) is 2.37. The van der Waals surface area contributed by atoms with E-state index in [1.54, 1.807) is 0 Å². The molecule has 0 saturated heterocycles. The third kappa shape index (κ3) is 3.71. The van der Waals surface area contributed by atoms with Crippen LogP contribution in [0, 0.1) is 0 Å². The van der Waals surface area contributed by atoms with Crippen LogP contribution in [0.4, 0.5) is 17.2 Å². The lowest BCUT2D eigenvalue weighted by Crippen LogP contribution is -2.38. The molecular formula is C17H21N5O4. The summed E-state index contributed by atoms with van der Waals surface area (Å²) >= 11 is 0. The highest BCUT2D eigenvalue weighted by Crippen LogP contribution is 2.28. The number of amides is 1. The number of nitrogens with zero attached hydrogens (tertiary/aromatic N) is 3. The van der Waals surface area contributed by atoms with E-state index >= 15 is 0 Å². The first kappa shape index (κ1) is 19.1. The summed E-state index contributed by atoms with van der Waals surface area (Å²) in [6, 6.07) is -0.172. The largest absolute Gasteiger partial charge is 0.503 e. The molecule has 26 heavy (non-hydrogen) atoms. The van der Waals surface area contributed by atoms with Gasteiger partial charge in [0.25, 0.3) is 16.8 Å². The van der Waals surface area contributed by atoms with Crippen molar-refractivity contribution in [3.8, 4) is 5.75 Å². The SMILES string of the molecule is CC(C)=C[C@H](C)Nc1c(Nc2ncnc(C(=O)N(C)C)c2O)c(=O)c1=O. The molecule has 2 rings (SSSR count). The van der Waals surface area contributed by atoms with Crippen molar-refractivity contribution in [2.24, 2.45) is 0 Å². The lowest BCUT2D eigenvalue weighted by atomic mass is 10.1. The van der Waals surface area contributed by atoms with Crippen molar-refractivity contribution < 1.29 is 9.90 Å². The molecule has 138 valence electrons. The van der Waals surface area contributed by atoms with Gasteiger partial charge in [-0.2, -0.15) is 0 Å².